The SMILES string of the molecule is Cc1cc(F)cc(C)c1S(=O)(=O)NCCBr. The minimum atomic E-state index is -3.55. The number of hydrogen-bond donors (Lipinski definition) is 1. The molecule has 0 fully saturated rings. The highest BCUT2D eigenvalue weighted by Gasteiger charge is 2.19. The fraction of sp³-hybridized carbons (Fsp3) is 0.400. The number of alkyl halides is 1. The number of rotatable bonds is 4. The van der Waals surface area contributed by atoms with Crippen LogP contribution >= 0.6 is 15.9 Å². The highest BCUT2D eigenvalue weighted by molar-refractivity contribution is 9.09. The van der Waals surface area contributed by atoms with E-state index in [1.807, 2.05) is 0 Å². The average molecular weight is 310 g/mol. The highest BCUT2D eigenvalue weighted by Crippen LogP contribution is 2.20. The van der Waals surface area contributed by atoms with E-state index in [0.29, 0.717) is 23.0 Å². The van der Waals surface area contributed by atoms with Crippen LogP contribution < -0.4 is 4.72 Å². The Balaban J connectivity index is 3.23. The van der Waals surface area contributed by atoms with Gasteiger partial charge in [0.05, 0.1) is 4.90 Å². The van der Waals surface area contributed by atoms with Gasteiger partial charge in [0.2, 0.25) is 10.0 Å². The minimum absolute atomic E-state index is 0.162. The highest BCUT2D eigenvalue weighted by atomic mass is 79.9. The molecule has 0 unspecified atom stereocenters. The lowest BCUT2D eigenvalue weighted by Crippen LogP contribution is -2.27. The van der Waals surface area contributed by atoms with Crippen molar-refractivity contribution in [3.05, 3.63) is 29.1 Å². The average Bonchev–Trinajstić information content (AvgIpc) is 2.12. The summed E-state index contributed by atoms with van der Waals surface area (Å²) in [6.45, 7) is 3.47. The maximum absolute atomic E-state index is 13.0. The van der Waals surface area contributed by atoms with Crippen molar-refractivity contribution in [1.82, 2.24) is 4.72 Å². The molecular formula is C10H13BrFNO2S. The maximum atomic E-state index is 13.0. The summed E-state index contributed by atoms with van der Waals surface area (Å²) < 4.78 is 39.2. The lowest BCUT2D eigenvalue weighted by Gasteiger charge is -2.11. The van der Waals surface area contributed by atoms with Gasteiger partial charge in [-0.2, -0.15) is 0 Å². The molecule has 0 amide bonds. The van der Waals surface area contributed by atoms with Crippen LogP contribution in [0.1, 0.15) is 11.1 Å². The summed E-state index contributed by atoms with van der Waals surface area (Å²) >= 11 is 3.14. The Morgan fingerprint density at radius 1 is 1.31 bits per heavy atom. The molecule has 6 heteroatoms. The van der Waals surface area contributed by atoms with Crippen LogP contribution in [0.25, 0.3) is 0 Å². The van der Waals surface area contributed by atoms with Crippen molar-refractivity contribution in [3.8, 4) is 0 Å². The van der Waals surface area contributed by atoms with Crippen molar-refractivity contribution in [2.24, 2.45) is 0 Å². The normalized spacial score (nSPS) is 11.8. The summed E-state index contributed by atoms with van der Waals surface area (Å²) in [6, 6.07) is 2.44. The minimum Gasteiger partial charge on any atom is -0.210 e. The van der Waals surface area contributed by atoms with Gasteiger partial charge < -0.3 is 0 Å². The molecule has 0 radical (unpaired) electrons. The van der Waals surface area contributed by atoms with Crippen LogP contribution in [-0.2, 0) is 10.0 Å². The summed E-state index contributed by atoms with van der Waals surface area (Å²) in [5.41, 5.74) is 0.833. The van der Waals surface area contributed by atoms with Gasteiger partial charge in [-0.05, 0) is 37.1 Å². The smallest absolute Gasteiger partial charge is 0.210 e. The van der Waals surface area contributed by atoms with E-state index in [-0.39, 0.29) is 4.90 Å². The first-order chi connectivity index (χ1) is 7.38. The molecule has 0 aliphatic rings. The Morgan fingerprint density at radius 2 is 1.81 bits per heavy atom. The van der Waals surface area contributed by atoms with Gasteiger partial charge in [0.1, 0.15) is 5.82 Å². The van der Waals surface area contributed by atoms with E-state index in [1.165, 1.54) is 12.1 Å². The molecule has 0 spiro atoms. The van der Waals surface area contributed by atoms with Gasteiger partial charge in [-0.15, -0.1) is 0 Å². The molecule has 1 aromatic carbocycles. The van der Waals surface area contributed by atoms with E-state index < -0.39 is 15.8 Å². The molecule has 0 saturated carbocycles. The summed E-state index contributed by atoms with van der Waals surface area (Å²) in [4.78, 5) is 0.162. The maximum Gasteiger partial charge on any atom is 0.241 e. The molecule has 3 nitrogen and oxygen atoms in total. The third kappa shape index (κ3) is 3.02. The summed E-state index contributed by atoms with van der Waals surface area (Å²) in [5, 5.41) is 0.533. The molecule has 0 aromatic heterocycles. The van der Waals surface area contributed by atoms with Crippen molar-refractivity contribution < 1.29 is 12.8 Å². The van der Waals surface area contributed by atoms with Crippen molar-refractivity contribution in [1.29, 1.82) is 0 Å². The molecule has 1 rings (SSSR count). The standard InChI is InChI=1S/C10H13BrFNO2S/c1-7-5-9(12)6-8(2)10(7)16(14,15)13-4-3-11/h5-6,13H,3-4H2,1-2H3. The van der Waals surface area contributed by atoms with Crippen LogP contribution in [0, 0.1) is 19.7 Å². The molecule has 1 aromatic rings. The number of benzene rings is 1. The van der Waals surface area contributed by atoms with Gasteiger partial charge in [0.25, 0.3) is 0 Å². The quantitative estimate of drug-likeness (QED) is 0.866. The number of sulfonamides is 1. The first-order valence-corrected chi connectivity index (χ1v) is 7.31. The second-order valence-electron chi connectivity index (χ2n) is 3.46. The number of nitrogens with one attached hydrogen (secondary N) is 1. The van der Waals surface area contributed by atoms with Gasteiger partial charge >= 0.3 is 0 Å². The fourth-order valence-electron chi connectivity index (χ4n) is 1.57. The van der Waals surface area contributed by atoms with Gasteiger partial charge in [-0.3, -0.25) is 0 Å². The van der Waals surface area contributed by atoms with Crippen molar-refractivity contribution in [2.75, 3.05) is 11.9 Å². The number of hydrogen-bond acceptors (Lipinski definition) is 2. The second-order valence-corrected chi connectivity index (χ2v) is 5.95. The van der Waals surface area contributed by atoms with Crippen molar-refractivity contribution in [2.45, 2.75) is 18.7 Å². The Hall–Kier alpha value is -0.460. The zero-order chi connectivity index (χ0) is 12.3. The summed E-state index contributed by atoms with van der Waals surface area (Å²) in [7, 11) is -3.55. The molecule has 0 saturated heterocycles. The van der Waals surface area contributed by atoms with Crippen LogP contribution in [0.2, 0.25) is 0 Å². The van der Waals surface area contributed by atoms with E-state index in [2.05, 4.69) is 20.7 Å². The van der Waals surface area contributed by atoms with Crippen LogP contribution in [0.15, 0.2) is 17.0 Å². The second kappa shape index (κ2) is 5.25. The molecular weight excluding hydrogens is 297 g/mol. The zero-order valence-electron chi connectivity index (χ0n) is 9.05. The Bertz CT molecular complexity index is 465. The lowest BCUT2D eigenvalue weighted by molar-refractivity contribution is 0.581. The molecule has 0 heterocycles. The van der Waals surface area contributed by atoms with E-state index in [0.717, 1.165) is 0 Å². The zero-order valence-corrected chi connectivity index (χ0v) is 11.5. The first kappa shape index (κ1) is 13.6. The first-order valence-electron chi connectivity index (χ1n) is 4.71. The molecule has 90 valence electrons. The van der Waals surface area contributed by atoms with E-state index >= 15 is 0 Å². The third-order valence-corrected chi connectivity index (χ3v) is 4.24. The fourth-order valence-corrected chi connectivity index (χ4v) is 3.51. The predicted octanol–water partition coefficient (Wildman–Crippen LogP) is 2.12. The number of aryl methyl sites for hydroxylation is 2. The summed E-state index contributed by atoms with van der Waals surface area (Å²) in [6.07, 6.45) is 0. The van der Waals surface area contributed by atoms with Crippen molar-refractivity contribution in [3.63, 3.8) is 0 Å². The molecule has 0 atom stereocenters. The lowest BCUT2D eigenvalue weighted by atomic mass is 10.1. The number of halogens is 2. The van der Waals surface area contributed by atoms with E-state index in [9.17, 15) is 12.8 Å². The molecule has 0 bridgehead atoms. The summed E-state index contributed by atoms with van der Waals surface area (Å²) in [5.74, 6) is -0.422. The molecule has 16 heavy (non-hydrogen) atoms. The monoisotopic (exact) mass is 309 g/mol. The van der Waals surface area contributed by atoms with Gasteiger partial charge in [-0.25, -0.2) is 17.5 Å². The molecule has 0 aliphatic heterocycles. The topological polar surface area (TPSA) is 46.2 Å². The van der Waals surface area contributed by atoms with Crippen molar-refractivity contribution >= 4 is 26.0 Å². The molecule has 0 aliphatic carbocycles. The van der Waals surface area contributed by atoms with Gasteiger partial charge in [0.15, 0.2) is 0 Å². The Labute approximate surface area is 103 Å². The van der Waals surface area contributed by atoms with Crippen LogP contribution in [0.4, 0.5) is 4.39 Å². The van der Waals surface area contributed by atoms with Gasteiger partial charge in [0, 0.05) is 11.9 Å². The van der Waals surface area contributed by atoms with Gasteiger partial charge in [-0.1, -0.05) is 15.9 Å². The van der Waals surface area contributed by atoms with E-state index in [1.54, 1.807) is 13.8 Å². The third-order valence-electron chi connectivity index (χ3n) is 2.08. The Kier molecular flexibility index (Phi) is 4.46. The van der Waals surface area contributed by atoms with Crippen LogP contribution in [0.3, 0.4) is 0 Å². The predicted molar refractivity (Wildman–Crippen MR) is 64.9 cm³/mol. The van der Waals surface area contributed by atoms with Crippen LogP contribution in [-0.4, -0.2) is 20.3 Å². The molecule has 1 N–H and O–H groups in total. The van der Waals surface area contributed by atoms with E-state index in [4.69, 9.17) is 0 Å². The van der Waals surface area contributed by atoms with Crippen LogP contribution in [0.5, 0.6) is 0 Å². The largest absolute Gasteiger partial charge is 0.241 e. The Morgan fingerprint density at radius 3 is 2.25 bits per heavy atom.